The highest BCUT2D eigenvalue weighted by atomic mass is 32.1. The summed E-state index contributed by atoms with van der Waals surface area (Å²) in [5.41, 5.74) is 4.88. The summed E-state index contributed by atoms with van der Waals surface area (Å²) in [5.74, 6) is -1.17. The molecule has 0 saturated carbocycles. The van der Waals surface area contributed by atoms with Crippen LogP contribution in [0.5, 0.6) is 0 Å². The van der Waals surface area contributed by atoms with E-state index in [9.17, 15) is 14.4 Å². The van der Waals surface area contributed by atoms with Crippen molar-refractivity contribution >= 4 is 30.5 Å². The number of carbonyl (C=O) groups is 3. The maximum atomic E-state index is 12.4. The third-order valence-corrected chi connectivity index (χ3v) is 5.91. The van der Waals surface area contributed by atoms with Gasteiger partial charge in [0.2, 0.25) is 0 Å². The predicted octanol–water partition coefficient (Wildman–Crippen LogP) is 4.25. The molecule has 0 bridgehead atoms. The summed E-state index contributed by atoms with van der Waals surface area (Å²) in [7, 11) is 0. The van der Waals surface area contributed by atoms with E-state index in [1.54, 1.807) is 30.3 Å². The number of amides is 1. The fourth-order valence-corrected chi connectivity index (χ4v) is 4.15. The molecule has 7 heteroatoms. The number of Topliss-reactive ketones (excluding diaryl/α,β-unsaturated/α-hetero) is 1. The van der Waals surface area contributed by atoms with E-state index in [2.05, 4.69) is 30.1 Å². The number of fused-ring (bicyclic) bond motifs is 3. The molecule has 33 heavy (non-hydrogen) atoms. The lowest BCUT2D eigenvalue weighted by molar-refractivity contribution is -0.144. The average molecular weight is 462 g/mol. The minimum Gasteiger partial charge on any atom is -0.456 e. The Balaban J connectivity index is 1.32. The highest BCUT2D eigenvalue weighted by molar-refractivity contribution is 7.80. The van der Waals surface area contributed by atoms with Crippen molar-refractivity contribution in [2.75, 3.05) is 19.0 Å². The lowest BCUT2D eigenvalue weighted by atomic mass is 9.98. The van der Waals surface area contributed by atoms with Crippen molar-refractivity contribution in [1.82, 2.24) is 5.32 Å². The molecule has 3 aromatic carbocycles. The normalized spacial score (nSPS) is 12.9. The Labute approximate surface area is 197 Å². The number of hydrogen-bond donors (Lipinski definition) is 2. The highest BCUT2D eigenvalue weighted by Crippen LogP contribution is 2.44. The minimum absolute atomic E-state index is 0.00254. The maximum absolute atomic E-state index is 12.4. The molecule has 1 aliphatic carbocycles. The Kier molecular flexibility index (Phi) is 7.10. The molecule has 0 saturated heterocycles. The van der Waals surface area contributed by atoms with Gasteiger partial charge in [0.15, 0.2) is 12.4 Å². The highest BCUT2D eigenvalue weighted by Gasteiger charge is 2.30. The van der Waals surface area contributed by atoms with E-state index in [1.165, 1.54) is 0 Å². The number of nitrogens with one attached hydrogen (secondary N) is 1. The Bertz CT molecular complexity index is 1120. The van der Waals surface area contributed by atoms with Crippen LogP contribution in [0.25, 0.3) is 11.1 Å². The number of ether oxygens (including phenoxy) is 2. The van der Waals surface area contributed by atoms with Crippen molar-refractivity contribution < 1.29 is 23.9 Å². The first-order valence-electron chi connectivity index (χ1n) is 10.6. The molecule has 3 aromatic rings. The first-order chi connectivity index (χ1) is 16.1. The Morgan fingerprint density at radius 1 is 0.818 bits per heavy atom. The predicted molar refractivity (Wildman–Crippen MR) is 128 cm³/mol. The molecular weight excluding hydrogens is 438 g/mol. The SMILES string of the molecule is O=C(N[C@@H](CS)C(=O)OCC(=O)c1ccccc1)OCC1c2ccccc2-c2ccccc21. The van der Waals surface area contributed by atoms with Crippen LogP contribution in [0.2, 0.25) is 0 Å². The van der Waals surface area contributed by atoms with Crippen LogP contribution in [0.1, 0.15) is 27.4 Å². The number of carbonyl (C=O) groups excluding carboxylic acids is 3. The molecule has 0 unspecified atom stereocenters. The zero-order valence-electron chi connectivity index (χ0n) is 17.8. The molecule has 1 atom stereocenters. The number of esters is 1. The monoisotopic (exact) mass is 461 g/mol. The molecule has 1 aliphatic rings. The second kappa shape index (κ2) is 10.4. The number of rotatable bonds is 8. The van der Waals surface area contributed by atoms with Gasteiger partial charge in [0.25, 0.3) is 0 Å². The van der Waals surface area contributed by atoms with Crippen LogP contribution >= 0.6 is 12.6 Å². The fourth-order valence-electron chi connectivity index (χ4n) is 3.91. The van der Waals surface area contributed by atoms with E-state index in [4.69, 9.17) is 9.47 Å². The van der Waals surface area contributed by atoms with Gasteiger partial charge >= 0.3 is 12.1 Å². The van der Waals surface area contributed by atoms with Gasteiger partial charge in [-0.2, -0.15) is 12.6 Å². The molecule has 0 spiro atoms. The molecule has 168 valence electrons. The smallest absolute Gasteiger partial charge is 0.407 e. The van der Waals surface area contributed by atoms with E-state index in [0.29, 0.717) is 5.56 Å². The maximum Gasteiger partial charge on any atom is 0.407 e. The summed E-state index contributed by atoms with van der Waals surface area (Å²) >= 11 is 4.12. The first kappa shape index (κ1) is 22.6. The zero-order chi connectivity index (χ0) is 23.2. The van der Waals surface area contributed by atoms with Crippen LogP contribution in [-0.2, 0) is 14.3 Å². The van der Waals surface area contributed by atoms with E-state index in [0.717, 1.165) is 22.3 Å². The molecule has 0 fully saturated rings. The summed E-state index contributed by atoms with van der Waals surface area (Å²) in [4.78, 5) is 36.9. The van der Waals surface area contributed by atoms with Gasteiger partial charge < -0.3 is 14.8 Å². The van der Waals surface area contributed by atoms with Crippen molar-refractivity contribution in [1.29, 1.82) is 0 Å². The third-order valence-electron chi connectivity index (χ3n) is 5.54. The average Bonchev–Trinajstić information content (AvgIpc) is 3.18. The number of ketones is 1. The molecule has 0 aromatic heterocycles. The molecule has 6 nitrogen and oxygen atoms in total. The molecule has 1 amide bonds. The van der Waals surface area contributed by atoms with Gasteiger partial charge in [-0.15, -0.1) is 0 Å². The fraction of sp³-hybridized carbons (Fsp3) is 0.192. The number of thiol groups is 1. The molecule has 0 radical (unpaired) electrons. The lowest BCUT2D eigenvalue weighted by Crippen LogP contribution is -2.44. The van der Waals surface area contributed by atoms with E-state index in [1.807, 2.05) is 36.4 Å². The minimum atomic E-state index is -1.03. The van der Waals surface area contributed by atoms with Gasteiger partial charge in [-0.25, -0.2) is 9.59 Å². The van der Waals surface area contributed by atoms with Crippen LogP contribution in [0.3, 0.4) is 0 Å². The van der Waals surface area contributed by atoms with E-state index in [-0.39, 0.29) is 24.1 Å². The van der Waals surface area contributed by atoms with Gasteiger partial charge in [-0.1, -0.05) is 78.9 Å². The Morgan fingerprint density at radius 2 is 1.39 bits per heavy atom. The zero-order valence-corrected chi connectivity index (χ0v) is 18.7. The lowest BCUT2D eigenvalue weighted by Gasteiger charge is -2.18. The Hall–Kier alpha value is -3.58. The number of alkyl carbamates (subject to hydrolysis) is 1. The van der Waals surface area contributed by atoms with Gasteiger partial charge in [-0.05, 0) is 22.3 Å². The second-order valence-corrected chi connectivity index (χ2v) is 7.97. The first-order valence-corrected chi connectivity index (χ1v) is 11.2. The topological polar surface area (TPSA) is 81.7 Å². The number of hydrogen-bond acceptors (Lipinski definition) is 6. The Morgan fingerprint density at radius 3 is 2.00 bits per heavy atom. The van der Waals surface area contributed by atoms with Crippen LogP contribution in [0, 0.1) is 0 Å². The van der Waals surface area contributed by atoms with Gasteiger partial charge in [-0.3, -0.25) is 4.79 Å². The van der Waals surface area contributed by atoms with Crippen molar-refractivity contribution in [3.8, 4) is 11.1 Å². The van der Waals surface area contributed by atoms with E-state index < -0.39 is 24.7 Å². The van der Waals surface area contributed by atoms with Gasteiger partial charge in [0.1, 0.15) is 12.6 Å². The van der Waals surface area contributed by atoms with Crippen LogP contribution in [-0.4, -0.2) is 42.9 Å². The standard InChI is InChI=1S/C26H23NO5S/c28-24(17-8-2-1-3-9-17)15-31-25(29)23(16-33)27-26(30)32-14-22-20-12-6-4-10-18(20)19-11-5-7-13-21(19)22/h1-13,22-23,33H,14-16H2,(H,27,30)/t23-/m0/s1. The molecular formula is C26H23NO5S. The summed E-state index contributed by atoms with van der Waals surface area (Å²) in [6.07, 6.45) is -0.748. The second-order valence-electron chi connectivity index (χ2n) is 7.60. The van der Waals surface area contributed by atoms with Crippen molar-refractivity contribution in [2.24, 2.45) is 0 Å². The van der Waals surface area contributed by atoms with Gasteiger partial charge in [0, 0.05) is 17.2 Å². The molecule has 1 N–H and O–H groups in total. The molecule has 0 aliphatic heterocycles. The largest absolute Gasteiger partial charge is 0.456 e. The van der Waals surface area contributed by atoms with Crippen molar-refractivity contribution in [3.05, 3.63) is 95.6 Å². The summed E-state index contributed by atoms with van der Waals surface area (Å²) < 4.78 is 10.5. The van der Waals surface area contributed by atoms with Gasteiger partial charge in [0.05, 0.1) is 0 Å². The molecule has 4 rings (SSSR count). The van der Waals surface area contributed by atoms with E-state index >= 15 is 0 Å². The summed E-state index contributed by atoms with van der Waals surface area (Å²) in [6.45, 7) is -0.291. The van der Waals surface area contributed by atoms with Crippen molar-refractivity contribution in [3.63, 3.8) is 0 Å². The van der Waals surface area contributed by atoms with Crippen LogP contribution in [0.15, 0.2) is 78.9 Å². The molecule has 0 heterocycles. The van der Waals surface area contributed by atoms with Crippen molar-refractivity contribution in [2.45, 2.75) is 12.0 Å². The van der Waals surface area contributed by atoms with Crippen LogP contribution in [0.4, 0.5) is 4.79 Å². The quantitative estimate of drug-likeness (QED) is 0.298. The number of benzene rings is 3. The summed E-state index contributed by atoms with van der Waals surface area (Å²) in [6, 6.07) is 23.5. The van der Waals surface area contributed by atoms with Crippen LogP contribution < -0.4 is 5.32 Å². The summed E-state index contributed by atoms with van der Waals surface area (Å²) in [5, 5.41) is 2.48. The third kappa shape index (κ3) is 5.09.